The van der Waals surface area contributed by atoms with Crippen LogP contribution in [0.5, 0.6) is 11.5 Å². The molecule has 0 spiro atoms. The predicted molar refractivity (Wildman–Crippen MR) is 108 cm³/mol. The maximum atomic E-state index is 13.0. The Hall–Kier alpha value is -2.63. The van der Waals surface area contributed by atoms with Crippen molar-refractivity contribution >= 4 is 11.9 Å². The van der Waals surface area contributed by atoms with Crippen LogP contribution in [0.25, 0.3) is 6.08 Å². The van der Waals surface area contributed by atoms with E-state index in [0.29, 0.717) is 37.0 Å². The molecular weight excluding hydrogens is 354 g/mol. The third-order valence-electron chi connectivity index (χ3n) is 5.29. The molecule has 0 radical (unpaired) electrons. The Kier molecular flexibility index (Phi) is 5.20. The van der Waals surface area contributed by atoms with E-state index < -0.39 is 0 Å². The van der Waals surface area contributed by atoms with Crippen molar-refractivity contribution < 1.29 is 19.0 Å². The number of hydrogen-bond acceptors (Lipinski definition) is 5. The van der Waals surface area contributed by atoms with Crippen LogP contribution in [0, 0.1) is 13.8 Å². The highest BCUT2D eigenvalue weighted by Gasteiger charge is 2.35. The van der Waals surface area contributed by atoms with Crippen LogP contribution in [0.4, 0.5) is 0 Å². The number of carbonyl (C=O) groups excluding carboxylic acids is 1. The van der Waals surface area contributed by atoms with Crippen LogP contribution in [0.2, 0.25) is 0 Å². The van der Waals surface area contributed by atoms with Crippen molar-refractivity contribution in [2.45, 2.75) is 26.8 Å². The Bertz CT molecular complexity index is 948. The highest BCUT2D eigenvalue weighted by atomic mass is 16.5. The van der Waals surface area contributed by atoms with E-state index in [1.807, 2.05) is 50.3 Å². The topological polar surface area (TPSA) is 48.0 Å². The molecule has 0 saturated carbocycles. The van der Waals surface area contributed by atoms with E-state index in [1.165, 1.54) is 0 Å². The van der Waals surface area contributed by atoms with E-state index in [4.69, 9.17) is 14.2 Å². The lowest BCUT2D eigenvalue weighted by atomic mass is 9.98. The van der Waals surface area contributed by atoms with Gasteiger partial charge in [0.05, 0.1) is 11.1 Å². The normalized spacial score (nSPS) is 17.2. The van der Waals surface area contributed by atoms with E-state index in [-0.39, 0.29) is 5.78 Å². The molecule has 0 unspecified atom stereocenters. The molecule has 2 aliphatic heterocycles. The number of benzene rings is 2. The van der Waals surface area contributed by atoms with Gasteiger partial charge in [-0.05, 0) is 49.1 Å². The molecule has 2 aromatic carbocycles. The first-order chi connectivity index (χ1) is 13.6. The van der Waals surface area contributed by atoms with Crippen LogP contribution >= 0.6 is 0 Å². The summed E-state index contributed by atoms with van der Waals surface area (Å²) in [6, 6.07) is 9.92. The number of rotatable bonds is 5. The van der Waals surface area contributed by atoms with Crippen molar-refractivity contribution in [2.24, 2.45) is 0 Å². The first-order valence-corrected chi connectivity index (χ1v) is 9.59. The average Bonchev–Trinajstić information content (AvgIpc) is 3.01. The molecule has 2 aliphatic rings. The van der Waals surface area contributed by atoms with Crippen molar-refractivity contribution in [3.63, 3.8) is 0 Å². The van der Waals surface area contributed by atoms with Gasteiger partial charge in [-0.25, -0.2) is 0 Å². The minimum Gasteiger partial charge on any atom is -0.478 e. The van der Waals surface area contributed by atoms with Crippen LogP contribution in [0.3, 0.4) is 0 Å². The zero-order chi connectivity index (χ0) is 19.7. The first-order valence-electron chi connectivity index (χ1n) is 9.59. The lowest BCUT2D eigenvalue weighted by molar-refractivity contribution is 0.0822. The zero-order valence-electron chi connectivity index (χ0n) is 16.6. The summed E-state index contributed by atoms with van der Waals surface area (Å²) in [6.45, 7) is 6.79. The summed E-state index contributed by atoms with van der Waals surface area (Å²) in [4.78, 5) is 15.2. The maximum absolute atomic E-state index is 13.0. The largest absolute Gasteiger partial charge is 0.478 e. The summed E-state index contributed by atoms with van der Waals surface area (Å²) in [5.74, 6) is 1.77. The number of fused-ring (bicyclic) bond motifs is 3. The molecule has 146 valence electrons. The van der Waals surface area contributed by atoms with Gasteiger partial charge < -0.3 is 14.2 Å². The smallest absolute Gasteiger partial charge is 0.232 e. The lowest BCUT2D eigenvalue weighted by Crippen LogP contribution is -2.33. The van der Waals surface area contributed by atoms with E-state index in [1.54, 1.807) is 7.11 Å². The molecule has 0 atom stereocenters. The molecule has 4 rings (SSSR count). The Morgan fingerprint density at radius 1 is 1.21 bits per heavy atom. The molecule has 0 fully saturated rings. The fourth-order valence-corrected chi connectivity index (χ4v) is 3.74. The number of ketones is 1. The fraction of sp³-hybridized carbons (Fsp3) is 0.348. The molecule has 0 N–H and O–H groups in total. The quantitative estimate of drug-likeness (QED) is 0.578. The van der Waals surface area contributed by atoms with Crippen LogP contribution in [0.1, 0.15) is 39.0 Å². The highest BCUT2D eigenvalue weighted by Crippen LogP contribution is 2.44. The molecule has 2 aromatic rings. The van der Waals surface area contributed by atoms with Gasteiger partial charge in [-0.2, -0.15) is 0 Å². The second-order valence-electron chi connectivity index (χ2n) is 7.34. The van der Waals surface area contributed by atoms with Crippen LogP contribution < -0.4 is 9.47 Å². The van der Waals surface area contributed by atoms with Crippen LogP contribution in [0.15, 0.2) is 36.1 Å². The predicted octanol–water partition coefficient (Wildman–Crippen LogP) is 4.11. The summed E-state index contributed by atoms with van der Waals surface area (Å²) >= 11 is 0. The molecule has 0 aliphatic carbocycles. The van der Waals surface area contributed by atoms with Gasteiger partial charge in [0.2, 0.25) is 5.78 Å². The van der Waals surface area contributed by atoms with Crippen molar-refractivity contribution in [3.8, 4) is 11.5 Å². The fourth-order valence-electron chi connectivity index (χ4n) is 3.74. The molecule has 0 bridgehead atoms. The van der Waals surface area contributed by atoms with Crippen molar-refractivity contribution in [2.75, 3.05) is 27.0 Å². The summed E-state index contributed by atoms with van der Waals surface area (Å²) < 4.78 is 17.2. The maximum Gasteiger partial charge on any atom is 0.232 e. The van der Waals surface area contributed by atoms with Gasteiger partial charge in [0.25, 0.3) is 0 Å². The highest BCUT2D eigenvalue weighted by molar-refractivity contribution is 6.16. The molecule has 2 heterocycles. The van der Waals surface area contributed by atoms with Gasteiger partial charge in [-0.3, -0.25) is 9.69 Å². The monoisotopic (exact) mass is 379 g/mol. The number of Topliss-reactive ketones (excluding diaryl/α,β-unsaturated/α-hetero) is 1. The Morgan fingerprint density at radius 3 is 2.82 bits per heavy atom. The number of methoxy groups -OCH3 is 1. The number of nitrogens with zero attached hydrogens (tertiary/aromatic N) is 1. The number of allylic oxidation sites excluding steroid dienone is 1. The van der Waals surface area contributed by atoms with Gasteiger partial charge in [-0.1, -0.05) is 24.3 Å². The Morgan fingerprint density at radius 2 is 2.04 bits per heavy atom. The van der Waals surface area contributed by atoms with E-state index in [0.717, 1.165) is 41.0 Å². The third kappa shape index (κ3) is 3.43. The number of aryl methyl sites for hydroxylation is 2. The van der Waals surface area contributed by atoms with Gasteiger partial charge in [0.1, 0.15) is 18.2 Å². The molecule has 0 amide bonds. The number of carbonyl (C=O) groups is 1. The minimum atomic E-state index is -0.0601. The van der Waals surface area contributed by atoms with Crippen molar-refractivity contribution in [3.05, 3.63) is 63.9 Å². The van der Waals surface area contributed by atoms with Crippen molar-refractivity contribution in [1.82, 2.24) is 4.90 Å². The minimum absolute atomic E-state index is 0.0601. The molecular formula is C23H25NO4. The van der Waals surface area contributed by atoms with E-state index in [9.17, 15) is 4.79 Å². The summed E-state index contributed by atoms with van der Waals surface area (Å²) in [5.41, 5.74) is 4.59. The van der Waals surface area contributed by atoms with E-state index in [2.05, 4.69) is 4.90 Å². The van der Waals surface area contributed by atoms with Crippen LogP contribution in [-0.2, 0) is 11.3 Å². The average molecular weight is 379 g/mol. The molecule has 5 heteroatoms. The van der Waals surface area contributed by atoms with Gasteiger partial charge in [0.15, 0.2) is 5.76 Å². The lowest BCUT2D eigenvalue weighted by Gasteiger charge is -2.30. The molecule has 28 heavy (non-hydrogen) atoms. The SMILES string of the molecule is COCCCN1COc2cc(C)c3c(c2C1)O/C(=C\c1ccccc1C)C3=O. The first kappa shape index (κ1) is 18.7. The van der Waals surface area contributed by atoms with Crippen LogP contribution in [-0.4, -0.2) is 37.7 Å². The second kappa shape index (κ2) is 7.78. The summed E-state index contributed by atoms with van der Waals surface area (Å²) in [6.07, 6.45) is 2.77. The van der Waals surface area contributed by atoms with Gasteiger partial charge >= 0.3 is 0 Å². The van der Waals surface area contributed by atoms with E-state index >= 15 is 0 Å². The second-order valence-corrected chi connectivity index (χ2v) is 7.34. The number of hydrogen-bond donors (Lipinski definition) is 0. The molecule has 0 saturated heterocycles. The Labute approximate surface area is 165 Å². The Balaban J connectivity index is 1.66. The van der Waals surface area contributed by atoms with Gasteiger partial charge in [0, 0.05) is 26.8 Å². The standard InChI is InChI=1S/C23H25NO4/c1-15-7-4-5-8-17(15)12-20-22(25)21-16(2)11-19-18(23(21)28-20)13-24(14-27-19)9-6-10-26-3/h4-5,7-8,11-12H,6,9-10,13-14H2,1-3H3/b20-12-. The summed E-state index contributed by atoms with van der Waals surface area (Å²) in [5, 5.41) is 0. The van der Waals surface area contributed by atoms with Gasteiger partial charge in [-0.15, -0.1) is 0 Å². The zero-order valence-corrected chi connectivity index (χ0v) is 16.6. The molecule has 5 nitrogen and oxygen atoms in total. The number of ether oxygens (including phenoxy) is 3. The summed E-state index contributed by atoms with van der Waals surface area (Å²) in [7, 11) is 1.71. The van der Waals surface area contributed by atoms with Crippen molar-refractivity contribution in [1.29, 1.82) is 0 Å². The third-order valence-corrected chi connectivity index (χ3v) is 5.29. The molecule has 0 aromatic heterocycles.